The van der Waals surface area contributed by atoms with Crippen LogP contribution in [0.5, 0.6) is 5.75 Å². The van der Waals surface area contributed by atoms with E-state index < -0.39 is 9.84 Å². The number of piperazine rings is 1. The Balaban J connectivity index is 1.39. The second kappa shape index (κ2) is 7.74. The molecule has 138 valence electrons. The van der Waals surface area contributed by atoms with Crippen molar-refractivity contribution in [3.05, 3.63) is 29.8 Å². The molecule has 1 aromatic carbocycles. The zero-order valence-corrected chi connectivity index (χ0v) is 15.5. The van der Waals surface area contributed by atoms with Gasteiger partial charge in [0, 0.05) is 32.2 Å². The third-order valence-corrected chi connectivity index (χ3v) is 6.75. The van der Waals surface area contributed by atoms with E-state index in [1.165, 1.54) is 5.56 Å². The minimum atomic E-state index is -2.85. The Bertz CT molecular complexity index is 694. The Morgan fingerprint density at radius 1 is 1.16 bits per heavy atom. The zero-order valence-electron chi connectivity index (χ0n) is 14.7. The van der Waals surface area contributed by atoms with Gasteiger partial charge in [0.2, 0.25) is 5.91 Å². The molecule has 0 bridgehead atoms. The van der Waals surface area contributed by atoms with Gasteiger partial charge in [0.15, 0.2) is 9.84 Å². The third kappa shape index (κ3) is 4.95. The maximum absolute atomic E-state index is 12.3. The van der Waals surface area contributed by atoms with Gasteiger partial charge in [0.25, 0.3) is 0 Å². The Morgan fingerprint density at radius 3 is 2.44 bits per heavy atom. The molecule has 0 aromatic heterocycles. The molecule has 25 heavy (non-hydrogen) atoms. The molecule has 1 atom stereocenters. The van der Waals surface area contributed by atoms with E-state index in [-0.39, 0.29) is 17.7 Å². The number of carbonyl (C=O) groups excluding carboxylic acids is 1. The predicted octanol–water partition coefficient (Wildman–Crippen LogP) is 1.10. The summed E-state index contributed by atoms with van der Waals surface area (Å²) in [6, 6.07) is 7.92. The number of aryl methyl sites for hydroxylation is 1. The van der Waals surface area contributed by atoms with Crippen LogP contribution in [0, 0.1) is 6.92 Å². The fourth-order valence-electron chi connectivity index (χ4n) is 3.45. The number of carbonyl (C=O) groups is 1. The van der Waals surface area contributed by atoms with Crippen molar-refractivity contribution in [3.8, 4) is 5.75 Å². The normalized spacial score (nSPS) is 23.6. The highest BCUT2D eigenvalue weighted by Gasteiger charge is 2.34. The second-order valence-electron chi connectivity index (χ2n) is 6.89. The molecule has 0 saturated carbocycles. The molecule has 0 unspecified atom stereocenters. The molecule has 1 aromatic rings. The van der Waals surface area contributed by atoms with Crippen LogP contribution in [-0.4, -0.2) is 74.5 Å². The highest BCUT2D eigenvalue weighted by Crippen LogP contribution is 2.19. The van der Waals surface area contributed by atoms with Crippen LogP contribution in [0.4, 0.5) is 0 Å². The van der Waals surface area contributed by atoms with Gasteiger partial charge in [-0.1, -0.05) is 17.7 Å². The van der Waals surface area contributed by atoms with E-state index in [1.54, 1.807) is 0 Å². The van der Waals surface area contributed by atoms with Crippen LogP contribution in [-0.2, 0) is 14.6 Å². The number of hydrogen-bond donors (Lipinski definition) is 0. The van der Waals surface area contributed by atoms with Gasteiger partial charge in [0.05, 0.1) is 24.5 Å². The minimum absolute atomic E-state index is 0.103. The molecule has 0 aliphatic carbocycles. The average Bonchev–Trinajstić information content (AvgIpc) is 2.97. The van der Waals surface area contributed by atoms with Crippen molar-refractivity contribution >= 4 is 15.7 Å². The zero-order chi connectivity index (χ0) is 17.9. The smallest absolute Gasteiger partial charge is 0.226 e. The standard InChI is InChI=1S/C18H26N2O4S/c1-15-2-4-17(5-3-15)24-12-6-18(21)20-10-8-19(9-11-20)16-7-13-25(22,23)14-16/h2-5,16H,6-14H2,1H3/t16-/m1/s1. The van der Waals surface area contributed by atoms with E-state index in [4.69, 9.17) is 4.74 Å². The summed E-state index contributed by atoms with van der Waals surface area (Å²) >= 11 is 0. The van der Waals surface area contributed by atoms with Crippen LogP contribution in [0.15, 0.2) is 24.3 Å². The molecule has 0 radical (unpaired) electrons. The van der Waals surface area contributed by atoms with Gasteiger partial charge in [0.1, 0.15) is 5.75 Å². The summed E-state index contributed by atoms with van der Waals surface area (Å²) in [5, 5.41) is 0. The topological polar surface area (TPSA) is 66.9 Å². The lowest BCUT2D eigenvalue weighted by atomic mass is 10.2. The fourth-order valence-corrected chi connectivity index (χ4v) is 5.21. The summed E-state index contributed by atoms with van der Waals surface area (Å²) in [5.41, 5.74) is 1.18. The molecular weight excluding hydrogens is 340 g/mol. The molecule has 2 saturated heterocycles. The van der Waals surface area contributed by atoms with E-state index in [9.17, 15) is 13.2 Å². The van der Waals surface area contributed by atoms with Crippen LogP contribution in [0.25, 0.3) is 0 Å². The summed E-state index contributed by atoms with van der Waals surface area (Å²) in [7, 11) is -2.85. The number of ether oxygens (including phenoxy) is 1. The van der Waals surface area contributed by atoms with E-state index in [1.807, 2.05) is 36.1 Å². The fraction of sp³-hybridized carbons (Fsp3) is 0.611. The van der Waals surface area contributed by atoms with Crippen LogP contribution < -0.4 is 4.74 Å². The van der Waals surface area contributed by atoms with Crippen molar-refractivity contribution in [1.82, 2.24) is 9.80 Å². The minimum Gasteiger partial charge on any atom is -0.493 e. The Kier molecular flexibility index (Phi) is 5.64. The first-order valence-electron chi connectivity index (χ1n) is 8.85. The van der Waals surface area contributed by atoms with Crippen molar-refractivity contribution < 1.29 is 17.9 Å². The van der Waals surface area contributed by atoms with Crippen molar-refractivity contribution in [1.29, 1.82) is 0 Å². The first kappa shape index (κ1) is 18.2. The molecule has 6 nitrogen and oxygen atoms in total. The van der Waals surface area contributed by atoms with Crippen LogP contribution in [0.2, 0.25) is 0 Å². The molecule has 2 aliphatic heterocycles. The third-order valence-electron chi connectivity index (χ3n) is 5.00. The summed E-state index contributed by atoms with van der Waals surface area (Å²) in [4.78, 5) is 16.4. The van der Waals surface area contributed by atoms with Crippen molar-refractivity contribution in [3.63, 3.8) is 0 Å². The molecule has 0 N–H and O–H groups in total. The number of benzene rings is 1. The summed E-state index contributed by atoms with van der Waals surface area (Å²) in [5.74, 6) is 1.45. The number of amides is 1. The van der Waals surface area contributed by atoms with Crippen LogP contribution in [0.3, 0.4) is 0 Å². The summed E-state index contributed by atoms with van der Waals surface area (Å²) in [6.45, 7) is 5.24. The molecule has 2 aliphatic rings. The first-order valence-corrected chi connectivity index (χ1v) is 10.7. The first-order chi connectivity index (χ1) is 11.9. The lowest BCUT2D eigenvalue weighted by Crippen LogP contribution is -2.52. The van der Waals surface area contributed by atoms with Crippen LogP contribution >= 0.6 is 0 Å². The Labute approximate surface area is 149 Å². The van der Waals surface area contributed by atoms with Gasteiger partial charge in [-0.2, -0.15) is 0 Å². The number of nitrogens with zero attached hydrogens (tertiary/aromatic N) is 2. The largest absolute Gasteiger partial charge is 0.493 e. The molecule has 7 heteroatoms. The molecule has 3 rings (SSSR count). The van der Waals surface area contributed by atoms with Gasteiger partial charge < -0.3 is 9.64 Å². The van der Waals surface area contributed by atoms with Gasteiger partial charge in [-0.25, -0.2) is 8.42 Å². The van der Waals surface area contributed by atoms with Crippen molar-refractivity contribution in [2.45, 2.75) is 25.8 Å². The van der Waals surface area contributed by atoms with Gasteiger partial charge in [-0.05, 0) is 25.5 Å². The Hall–Kier alpha value is -1.60. The number of hydrogen-bond acceptors (Lipinski definition) is 5. The molecule has 2 heterocycles. The SMILES string of the molecule is Cc1ccc(OCCC(=O)N2CCN([C@@H]3CCS(=O)(=O)C3)CC2)cc1. The molecule has 1 amide bonds. The van der Waals surface area contributed by atoms with Gasteiger partial charge >= 0.3 is 0 Å². The highest BCUT2D eigenvalue weighted by atomic mass is 32.2. The second-order valence-corrected chi connectivity index (χ2v) is 9.11. The lowest BCUT2D eigenvalue weighted by molar-refractivity contribution is -0.133. The highest BCUT2D eigenvalue weighted by molar-refractivity contribution is 7.91. The summed E-state index contributed by atoms with van der Waals surface area (Å²) < 4.78 is 28.8. The maximum atomic E-state index is 12.3. The molecule has 2 fully saturated rings. The number of rotatable bonds is 5. The van der Waals surface area contributed by atoms with Gasteiger partial charge in [-0.3, -0.25) is 9.69 Å². The van der Waals surface area contributed by atoms with E-state index in [0.29, 0.717) is 31.9 Å². The lowest BCUT2D eigenvalue weighted by Gasteiger charge is -2.37. The van der Waals surface area contributed by atoms with E-state index in [0.717, 1.165) is 25.3 Å². The maximum Gasteiger partial charge on any atom is 0.226 e. The van der Waals surface area contributed by atoms with E-state index in [2.05, 4.69) is 4.90 Å². The van der Waals surface area contributed by atoms with E-state index >= 15 is 0 Å². The van der Waals surface area contributed by atoms with Crippen molar-refractivity contribution in [2.24, 2.45) is 0 Å². The van der Waals surface area contributed by atoms with Crippen molar-refractivity contribution in [2.75, 3.05) is 44.3 Å². The average molecular weight is 366 g/mol. The molecular formula is C18H26N2O4S. The number of sulfone groups is 1. The Morgan fingerprint density at radius 2 is 1.84 bits per heavy atom. The monoisotopic (exact) mass is 366 g/mol. The van der Waals surface area contributed by atoms with Crippen LogP contribution in [0.1, 0.15) is 18.4 Å². The van der Waals surface area contributed by atoms with Gasteiger partial charge in [-0.15, -0.1) is 0 Å². The predicted molar refractivity (Wildman–Crippen MR) is 96.5 cm³/mol. The quantitative estimate of drug-likeness (QED) is 0.781. The summed E-state index contributed by atoms with van der Waals surface area (Å²) in [6.07, 6.45) is 1.09. The molecule has 0 spiro atoms.